The molecule has 0 unspecified atom stereocenters. The molecule has 92 valence electrons. The van der Waals surface area contributed by atoms with E-state index in [0.29, 0.717) is 13.0 Å². The van der Waals surface area contributed by atoms with Crippen molar-refractivity contribution in [3.63, 3.8) is 0 Å². The molecule has 2 aromatic rings. The van der Waals surface area contributed by atoms with Crippen molar-refractivity contribution in [3.8, 4) is 0 Å². The average Bonchev–Trinajstić information content (AvgIpc) is 2.88. The zero-order valence-corrected chi connectivity index (χ0v) is 10.1. The largest absolute Gasteiger partial charge is 0.361 e. The lowest BCUT2D eigenvalue weighted by Gasteiger charge is -2.02. The van der Waals surface area contributed by atoms with E-state index in [1.807, 2.05) is 13.8 Å². The van der Waals surface area contributed by atoms with E-state index in [1.165, 1.54) is 0 Å². The first-order chi connectivity index (χ1) is 8.22. The predicted molar refractivity (Wildman–Crippen MR) is 60.3 cm³/mol. The molecule has 17 heavy (non-hydrogen) atoms. The summed E-state index contributed by atoms with van der Waals surface area (Å²) in [5.74, 6) is 1.63. The van der Waals surface area contributed by atoms with Crippen LogP contribution in [0.1, 0.15) is 29.3 Å². The smallest absolute Gasteiger partial charge is 0.155 e. The molecule has 0 radical (unpaired) electrons. The van der Waals surface area contributed by atoms with Gasteiger partial charge >= 0.3 is 0 Å². The number of hydrogen-bond donors (Lipinski definition) is 1. The Bertz CT molecular complexity index is 469. The Kier molecular flexibility index (Phi) is 3.48. The van der Waals surface area contributed by atoms with Crippen LogP contribution in [-0.2, 0) is 13.0 Å². The van der Waals surface area contributed by atoms with Crippen LogP contribution in [0.5, 0.6) is 0 Å². The molecule has 0 saturated heterocycles. The van der Waals surface area contributed by atoms with Crippen LogP contribution in [-0.4, -0.2) is 31.9 Å². The third-order valence-electron chi connectivity index (χ3n) is 2.70. The molecule has 2 aromatic heterocycles. The standard InChI is InChI=1S/C10H16N6O/c1-7-9(8(2)17-13-7)6-10-12-14-15-16(10)5-3-4-11/h3-6,11H2,1-2H3. The van der Waals surface area contributed by atoms with Crippen molar-refractivity contribution in [1.82, 2.24) is 25.4 Å². The summed E-state index contributed by atoms with van der Waals surface area (Å²) in [5, 5.41) is 15.6. The van der Waals surface area contributed by atoms with E-state index in [1.54, 1.807) is 4.68 Å². The Morgan fingerprint density at radius 3 is 2.82 bits per heavy atom. The molecule has 7 heteroatoms. The van der Waals surface area contributed by atoms with E-state index in [9.17, 15) is 0 Å². The lowest BCUT2D eigenvalue weighted by molar-refractivity contribution is 0.392. The first-order valence-corrected chi connectivity index (χ1v) is 5.59. The van der Waals surface area contributed by atoms with Gasteiger partial charge in [0.2, 0.25) is 0 Å². The number of tetrazole rings is 1. The van der Waals surface area contributed by atoms with Crippen molar-refractivity contribution >= 4 is 0 Å². The highest BCUT2D eigenvalue weighted by Gasteiger charge is 2.14. The molecule has 0 atom stereocenters. The molecule has 0 saturated carbocycles. The molecule has 0 aliphatic rings. The maximum Gasteiger partial charge on any atom is 0.155 e. The fraction of sp³-hybridized carbons (Fsp3) is 0.600. The van der Waals surface area contributed by atoms with Gasteiger partial charge in [-0.1, -0.05) is 5.16 Å². The molecule has 2 rings (SSSR count). The molecule has 0 fully saturated rings. The molecule has 0 aromatic carbocycles. The maximum atomic E-state index is 5.47. The van der Waals surface area contributed by atoms with Gasteiger partial charge in [0.15, 0.2) is 5.82 Å². The Morgan fingerprint density at radius 2 is 2.18 bits per heavy atom. The molecular formula is C10H16N6O. The number of nitrogens with zero attached hydrogens (tertiary/aromatic N) is 5. The maximum absolute atomic E-state index is 5.47. The van der Waals surface area contributed by atoms with Gasteiger partial charge in [-0.2, -0.15) is 0 Å². The van der Waals surface area contributed by atoms with Crippen LogP contribution >= 0.6 is 0 Å². The summed E-state index contributed by atoms with van der Waals surface area (Å²) in [7, 11) is 0. The quantitative estimate of drug-likeness (QED) is 0.797. The third kappa shape index (κ3) is 2.50. The zero-order valence-electron chi connectivity index (χ0n) is 10.1. The average molecular weight is 236 g/mol. The van der Waals surface area contributed by atoms with Gasteiger partial charge in [-0.05, 0) is 37.2 Å². The number of aromatic nitrogens is 5. The van der Waals surface area contributed by atoms with Crippen molar-refractivity contribution in [3.05, 3.63) is 22.8 Å². The second kappa shape index (κ2) is 5.05. The highest BCUT2D eigenvalue weighted by molar-refractivity contribution is 5.24. The van der Waals surface area contributed by atoms with Crippen molar-refractivity contribution in [2.45, 2.75) is 33.2 Å². The van der Waals surface area contributed by atoms with E-state index >= 15 is 0 Å². The van der Waals surface area contributed by atoms with Crippen LogP contribution in [0, 0.1) is 13.8 Å². The van der Waals surface area contributed by atoms with Crippen LogP contribution in [0.2, 0.25) is 0 Å². The lowest BCUT2D eigenvalue weighted by Crippen LogP contribution is -2.11. The normalized spacial score (nSPS) is 11.0. The summed E-state index contributed by atoms with van der Waals surface area (Å²) in [6.45, 7) is 5.18. The minimum absolute atomic E-state index is 0.630. The molecule has 0 bridgehead atoms. The Morgan fingerprint density at radius 1 is 1.35 bits per heavy atom. The molecule has 7 nitrogen and oxygen atoms in total. The van der Waals surface area contributed by atoms with Crippen molar-refractivity contribution in [2.75, 3.05) is 6.54 Å². The first-order valence-electron chi connectivity index (χ1n) is 5.59. The summed E-state index contributed by atoms with van der Waals surface area (Å²) in [4.78, 5) is 0. The second-order valence-electron chi connectivity index (χ2n) is 3.94. The lowest BCUT2D eigenvalue weighted by atomic mass is 10.1. The van der Waals surface area contributed by atoms with Crippen LogP contribution in [0.4, 0.5) is 0 Å². The van der Waals surface area contributed by atoms with Crippen LogP contribution in [0.3, 0.4) is 0 Å². The summed E-state index contributed by atoms with van der Waals surface area (Å²) >= 11 is 0. The fourth-order valence-corrected chi connectivity index (χ4v) is 1.68. The highest BCUT2D eigenvalue weighted by atomic mass is 16.5. The Labute approximate surface area is 99.0 Å². The highest BCUT2D eigenvalue weighted by Crippen LogP contribution is 2.15. The van der Waals surface area contributed by atoms with Gasteiger partial charge in [0.25, 0.3) is 0 Å². The van der Waals surface area contributed by atoms with Crippen LogP contribution in [0.25, 0.3) is 0 Å². The van der Waals surface area contributed by atoms with E-state index in [2.05, 4.69) is 20.7 Å². The Balaban J connectivity index is 2.16. The van der Waals surface area contributed by atoms with Gasteiger partial charge in [-0.25, -0.2) is 4.68 Å². The zero-order chi connectivity index (χ0) is 12.3. The van der Waals surface area contributed by atoms with Gasteiger partial charge in [-0.15, -0.1) is 5.10 Å². The molecular weight excluding hydrogens is 220 g/mol. The number of hydrogen-bond acceptors (Lipinski definition) is 6. The third-order valence-corrected chi connectivity index (χ3v) is 2.70. The predicted octanol–water partition coefficient (Wildman–Crippen LogP) is 0.218. The van der Waals surface area contributed by atoms with Crippen molar-refractivity contribution in [1.29, 1.82) is 0 Å². The SMILES string of the molecule is Cc1noc(C)c1Cc1nnnn1CCCN. The first kappa shape index (κ1) is 11.7. The van der Waals surface area contributed by atoms with Crippen LogP contribution in [0.15, 0.2) is 4.52 Å². The summed E-state index contributed by atoms with van der Waals surface area (Å²) in [6.07, 6.45) is 1.50. The minimum Gasteiger partial charge on any atom is -0.361 e. The Hall–Kier alpha value is -1.76. The molecule has 0 aliphatic carbocycles. The van der Waals surface area contributed by atoms with Gasteiger partial charge < -0.3 is 10.3 Å². The van der Waals surface area contributed by atoms with Crippen LogP contribution < -0.4 is 5.73 Å². The number of nitrogens with two attached hydrogens (primary N) is 1. The van der Waals surface area contributed by atoms with E-state index in [4.69, 9.17) is 10.3 Å². The summed E-state index contributed by atoms with van der Waals surface area (Å²) in [5.41, 5.74) is 7.41. The van der Waals surface area contributed by atoms with Crippen molar-refractivity contribution in [2.24, 2.45) is 5.73 Å². The van der Waals surface area contributed by atoms with Crippen molar-refractivity contribution < 1.29 is 4.52 Å². The van der Waals surface area contributed by atoms with E-state index < -0.39 is 0 Å². The molecule has 0 amide bonds. The van der Waals surface area contributed by atoms with Gasteiger partial charge in [0.05, 0.1) is 5.69 Å². The summed E-state index contributed by atoms with van der Waals surface area (Å²) in [6, 6.07) is 0. The topological polar surface area (TPSA) is 95.6 Å². The monoisotopic (exact) mass is 236 g/mol. The minimum atomic E-state index is 0.630. The summed E-state index contributed by atoms with van der Waals surface area (Å²) < 4.78 is 6.89. The van der Waals surface area contributed by atoms with E-state index in [0.717, 1.165) is 35.8 Å². The van der Waals surface area contributed by atoms with Gasteiger partial charge in [-0.3, -0.25) is 0 Å². The van der Waals surface area contributed by atoms with Gasteiger partial charge in [0, 0.05) is 18.5 Å². The van der Waals surface area contributed by atoms with E-state index in [-0.39, 0.29) is 0 Å². The number of rotatable bonds is 5. The second-order valence-corrected chi connectivity index (χ2v) is 3.94. The fourth-order valence-electron chi connectivity index (χ4n) is 1.68. The van der Waals surface area contributed by atoms with Gasteiger partial charge in [0.1, 0.15) is 5.76 Å². The molecule has 2 N–H and O–H groups in total. The molecule has 0 spiro atoms. The molecule has 2 heterocycles. The number of aryl methyl sites for hydroxylation is 3. The molecule has 0 aliphatic heterocycles.